The molecule has 3 N–H and O–H groups in total. The Morgan fingerprint density at radius 1 is 0.612 bits per heavy atom. The number of rotatable bonds is 39. The number of aliphatic hydroxyl groups excluding tert-OH is 2. The molecule has 0 aliphatic rings. The van der Waals surface area contributed by atoms with Gasteiger partial charge in [0, 0.05) is 13.0 Å². The third-order valence-corrected chi connectivity index (χ3v) is 9.65. The maximum Gasteiger partial charge on any atom is 0.472 e. The van der Waals surface area contributed by atoms with E-state index in [4.69, 9.17) is 23.6 Å². The average molecular weight is 721 g/mol. The molecule has 0 aliphatic carbocycles. The van der Waals surface area contributed by atoms with Crippen LogP contribution in [-0.4, -0.2) is 66.3 Å². The third kappa shape index (κ3) is 36.8. The van der Waals surface area contributed by atoms with Crippen LogP contribution in [0.1, 0.15) is 187 Å². The predicted octanol–water partition coefficient (Wildman–Crippen LogP) is 10.5. The Bertz CT molecular complexity index is 780. The molecule has 0 fully saturated rings. The van der Waals surface area contributed by atoms with Crippen molar-refractivity contribution >= 4 is 13.8 Å². The Hall–Kier alpha value is -0.800. The van der Waals surface area contributed by atoms with Crippen molar-refractivity contribution in [2.24, 2.45) is 0 Å². The molecule has 0 aromatic carbocycles. The predicted molar refractivity (Wildman–Crippen MR) is 201 cm³/mol. The van der Waals surface area contributed by atoms with Crippen LogP contribution in [0.25, 0.3) is 0 Å². The van der Waals surface area contributed by atoms with Crippen LogP contribution in [0, 0.1) is 0 Å². The number of unbranched alkanes of at least 4 members (excludes halogenated alkanes) is 23. The molecule has 0 saturated carbocycles. The maximum atomic E-state index is 12.5. The number of aliphatic hydroxyl groups is 2. The van der Waals surface area contributed by atoms with Crippen molar-refractivity contribution < 1.29 is 43.0 Å². The number of hydrogen-bond donors (Lipinski definition) is 3. The van der Waals surface area contributed by atoms with Crippen molar-refractivity contribution in [1.29, 1.82) is 0 Å². The first kappa shape index (κ1) is 48.2. The fourth-order valence-electron chi connectivity index (χ4n) is 5.59. The van der Waals surface area contributed by atoms with E-state index in [9.17, 15) is 19.4 Å². The van der Waals surface area contributed by atoms with Gasteiger partial charge in [0.1, 0.15) is 12.2 Å². The molecule has 0 saturated heterocycles. The zero-order valence-corrected chi connectivity index (χ0v) is 32.6. The van der Waals surface area contributed by atoms with Crippen molar-refractivity contribution in [3.05, 3.63) is 12.2 Å². The Labute approximate surface area is 300 Å². The SMILES string of the molecule is CCCCCCCC/C=C\CCCCCCCCCCOCC(COP(=O)(O)OCC(O)CO)OC(=O)CCCCCCCCCCCC. The molecule has 3 atom stereocenters. The highest BCUT2D eigenvalue weighted by Crippen LogP contribution is 2.43. The second-order valence-electron chi connectivity index (χ2n) is 13.7. The zero-order chi connectivity index (χ0) is 36.1. The molecule has 49 heavy (non-hydrogen) atoms. The van der Waals surface area contributed by atoms with Crippen molar-refractivity contribution in [2.45, 2.75) is 199 Å². The fraction of sp³-hybridized carbons (Fsp3) is 0.923. The molecule has 0 aromatic heterocycles. The molecule has 0 rings (SSSR count). The normalized spacial score (nSPS) is 14.3. The Kier molecular flexibility index (Phi) is 36.4. The number of carbonyl (C=O) groups excluding carboxylic acids is 1. The number of ether oxygens (including phenoxy) is 2. The monoisotopic (exact) mass is 721 g/mol. The number of allylic oxidation sites excluding steroid dienone is 2. The van der Waals surface area contributed by atoms with Crippen LogP contribution in [0.5, 0.6) is 0 Å². The van der Waals surface area contributed by atoms with Gasteiger partial charge < -0.3 is 24.6 Å². The van der Waals surface area contributed by atoms with E-state index in [2.05, 4.69) is 26.0 Å². The molecule has 10 heteroatoms. The maximum absolute atomic E-state index is 12.5. The molecule has 3 unspecified atom stereocenters. The minimum absolute atomic E-state index is 0.0520. The van der Waals surface area contributed by atoms with Crippen LogP contribution in [0.2, 0.25) is 0 Å². The lowest BCUT2D eigenvalue weighted by Gasteiger charge is -2.20. The first-order valence-electron chi connectivity index (χ1n) is 20.2. The summed E-state index contributed by atoms with van der Waals surface area (Å²) in [6.45, 7) is 3.51. The van der Waals surface area contributed by atoms with Crippen LogP contribution in [0.4, 0.5) is 0 Å². The molecule has 9 nitrogen and oxygen atoms in total. The topological polar surface area (TPSA) is 132 Å². The van der Waals surface area contributed by atoms with E-state index in [1.807, 2.05) is 0 Å². The highest BCUT2D eigenvalue weighted by Gasteiger charge is 2.26. The minimum atomic E-state index is -4.50. The van der Waals surface area contributed by atoms with E-state index in [-0.39, 0.29) is 25.6 Å². The van der Waals surface area contributed by atoms with E-state index in [0.29, 0.717) is 6.61 Å². The molecule has 0 spiro atoms. The largest absolute Gasteiger partial charge is 0.472 e. The molecule has 0 aromatic rings. The lowest BCUT2D eigenvalue weighted by molar-refractivity contribution is -0.154. The van der Waals surface area contributed by atoms with Gasteiger partial charge in [-0.05, 0) is 38.5 Å². The van der Waals surface area contributed by atoms with Gasteiger partial charge in [-0.15, -0.1) is 0 Å². The number of hydrogen-bond acceptors (Lipinski definition) is 8. The molecule has 0 radical (unpaired) electrons. The minimum Gasteiger partial charge on any atom is -0.457 e. The van der Waals surface area contributed by atoms with E-state index >= 15 is 0 Å². The number of carbonyl (C=O) groups is 1. The number of esters is 1. The molecular weight excluding hydrogens is 643 g/mol. The number of phosphoric ester groups is 1. The van der Waals surface area contributed by atoms with E-state index in [1.165, 1.54) is 128 Å². The summed E-state index contributed by atoms with van der Waals surface area (Å²) < 4.78 is 33.2. The second-order valence-corrected chi connectivity index (χ2v) is 15.1. The summed E-state index contributed by atoms with van der Waals surface area (Å²) >= 11 is 0. The van der Waals surface area contributed by atoms with Crippen molar-refractivity contribution in [1.82, 2.24) is 0 Å². The highest BCUT2D eigenvalue weighted by atomic mass is 31.2. The van der Waals surface area contributed by atoms with Gasteiger partial charge >= 0.3 is 13.8 Å². The smallest absolute Gasteiger partial charge is 0.457 e. The lowest BCUT2D eigenvalue weighted by Crippen LogP contribution is -2.29. The van der Waals surface area contributed by atoms with Gasteiger partial charge in [-0.3, -0.25) is 13.8 Å². The van der Waals surface area contributed by atoms with Gasteiger partial charge in [-0.1, -0.05) is 154 Å². The van der Waals surface area contributed by atoms with Crippen LogP contribution in [-0.2, 0) is 27.9 Å². The fourth-order valence-corrected chi connectivity index (χ4v) is 6.37. The summed E-state index contributed by atoms with van der Waals surface area (Å²) in [7, 11) is -4.50. The van der Waals surface area contributed by atoms with Crippen molar-refractivity contribution in [2.75, 3.05) is 33.0 Å². The molecule has 0 amide bonds. The van der Waals surface area contributed by atoms with Gasteiger partial charge in [-0.25, -0.2) is 4.57 Å². The summed E-state index contributed by atoms with van der Waals surface area (Å²) in [5, 5.41) is 18.3. The molecule has 0 bridgehead atoms. The molecular formula is C39H77O9P. The van der Waals surface area contributed by atoms with Gasteiger partial charge in [-0.2, -0.15) is 0 Å². The van der Waals surface area contributed by atoms with E-state index < -0.39 is 33.2 Å². The van der Waals surface area contributed by atoms with Gasteiger partial charge in [0.05, 0.1) is 26.4 Å². The van der Waals surface area contributed by atoms with Crippen molar-refractivity contribution in [3.8, 4) is 0 Å². The quantitative estimate of drug-likeness (QED) is 0.0246. The van der Waals surface area contributed by atoms with E-state index in [0.717, 1.165) is 38.5 Å². The summed E-state index contributed by atoms with van der Waals surface area (Å²) in [6, 6.07) is 0. The number of phosphoric acid groups is 1. The van der Waals surface area contributed by atoms with Crippen LogP contribution in [0.15, 0.2) is 12.2 Å². The molecule has 0 heterocycles. The second kappa shape index (κ2) is 37.0. The first-order chi connectivity index (χ1) is 23.8. The first-order valence-corrected chi connectivity index (χ1v) is 21.7. The van der Waals surface area contributed by atoms with E-state index in [1.54, 1.807) is 0 Å². The van der Waals surface area contributed by atoms with Crippen LogP contribution >= 0.6 is 7.82 Å². The van der Waals surface area contributed by atoms with Crippen LogP contribution in [0.3, 0.4) is 0 Å². The van der Waals surface area contributed by atoms with Gasteiger partial charge in [0.2, 0.25) is 0 Å². The third-order valence-electron chi connectivity index (χ3n) is 8.70. The van der Waals surface area contributed by atoms with Crippen molar-refractivity contribution in [3.63, 3.8) is 0 Å². The molecule has 0 aliphatic heterocycles. The highest BCUT2D eigenvalue weighted by molar-refractivity contribution is 7.47. The summed E-state index contributed by atoms with van der Waals surface area (Å²) in [4.78, 5) is 22.4. The van der Waals surface area contributed by atoms with Gasteiger partial charge in [0.15, 0.2) is 0 Å². The lowest BCUT2D eigenvalue weighted by atomic mass is 10.1. The Morgan fingerprint density at radius 2 is 1.04 bits per heavy atom. The summed E-state index contributed by atoms with van der Waals surface area (Å²) in [6.07, 6.45) is 34.6. The summed E-state index contributed by atoms with van der Waals surface area (Å²) in [5.74, 6) is -0.384. The van der Waals surface area contributed by atoms with Gasteiger partial charge in [0.25, 0.3) is 0 Å². The average Bonchev–Trinajstić information content (AvgIpc) is 3.09. The summed E-state index contributed by atoms with van der Waals surface area (Å²) in [5.41, 5.74) is 0. The standard InChI is InChI=1S/C39H77O9P/c1-3-5-7-9-11-13-15-16-17-18-19-20-21-22-24-26-28-30-32-45-35-38(36-47-49(43,44)46-34-37(41)33-40)48-39(42)31-29-27-25-23-14-12-10-8-6-4-2/h16-17,37-38,40-41H,3-15,18-36H2,1-2H3,(H,43,44)/b17-16-. The Morgan fingerprint density at radius 3 is 1.53 bits per heavy atom. The molecule has 292 valence electrons. The van der Waals surface area contributed by atoms with Crippen LogP contribution < -0.4 is 0 Å². The zero-order valence-electron chi connectivity index (χ0n) is 31.7. The Balaban J connectivity index is 4.13.